The number of rotatable bonds is 5. The number of amides is 1. The summed E-state index contributed by atoms with van der Waals surface area (Å²) in [6, 6.07) is 6.07. The molecule has 152 valence electrons. The molecule has 2 heterocycles. The third-order valence-corrected chi connectivity index (χ3v) is 5.39. The van der Waals surface area contributed by atoms with Crippen LogP contribution in [0.3, 0.4) is 0 Å². The Balaban J connectivity index is 1.80. The standard InChI is InChI=1S/C22H31FN4O/c1-6-7-19-18(14-24-16-12-21(2,3)26-22(4,5)13-16)20(28)27(25-19)17-10-8-15(23)9-11-17/h8-11,14,16,18,26H,6-7,12-13H2,1-5H3/p+1/t18-/m1/s1. The van der Waals surface area contributed by atoms with Crippen molar-refractivity contribution in [3.05, 3.63) is 30.1 Å². The average Bonchev–Trinajstić information content (AvgIpc) is 2.87. The van der Waals surface area contributed by atoms with Gasteiger partial charge in [0.05, 0.1) is 28.5 Å². The van der Waals surface area contributed by atoms with Crippen LogP contribution in [0.4, 0.5) is 10.1 Å². The van der Waals surface area contributed by atoms with Gasteiger partial charge in [0, 0.05) is 19.1 Å². The number of hydrazone groups is 1. The summed E-state index contributed by atoms with van der Waals surface area (Å²) in [5, 5.41) is 8.36. The number of piperidine rings is 1. The normalized spacial score (nSPS) is 24.8. The molecule has 0 radical (unpaired) electrons. The van der Waals surface area contributed by atoms with E-state index in [0.717, 1.165) is 31.4 Å². The lowest BCUT2D eigenvalue weighted by molar-refractivity contribution is -0.787. The van der Waals surface area contributed by atoms with E-state index in [1.807, 2.05) is 6.21 Å². The highest BCUT2D eigenvalue weighted by Gasteiger charge is 2.42. The van der Waals surface area contributed by atoms with Gasteiger partial charge < -0.3 is 5.32 Å². The van der Waals surface area contributed by atoms with Crippen LogP contribution in [-0.2, 0) is 4.79 Å². The summed E-state index contributed by atoms with van der Waals surface area (Å²) in [5.41, 5.74) is 1.68. The van der Waals surface area contributed by atoms with Gasteiger partial charge in [-0.3, -0.25) is 9.79 Å². The number of hydrogen-bond acceptors (Lipinski definition) is 3. The Hall–Kier alpha value is -2.08. The van der Waals surface area contributed by atoms with E-state index in [2.05, 4.69) is 45.0 Å². The van der Waals surface area contributed by atoms with Crippen LogP contribution in [0.15, 0.2) is 34.4 Å². The number of quaternary nitrogens is 1. The summed E-state index contributed by atoms with van der Waals surface area (Å²) in [7, 11) is 0. The van der Waals surface area contributed by atoms with Crippen LogP contribution in [0.1, 0.15) is 60.3 Å². The maximum atomic E-state index is 13.2. The van der Waals surface area contributed by atoms with Crippen molar-refractivity contribution >= 4 is 23.5 Å². The van der Waals surface area contributed by atoms with Crippen LogP contribution in [0.2, 0.25) is 0 Å². The van der Waals surface area contributed by atoms with Gasteiger partial charge in [-0.05, 0) is 58.4 Å². The van der Waals surface area contributed by atoms with Crippen LogP contribution in [-0.4, -0.2) is 35.0 Å². The van der Waals surface area contributed by atoms with Gasteiger partial charge in [-0.1, -0.05) is 13.3 Å². The van der Waals surface area contributed by atoms with Crippen molar-refractivity contribution in [3.8, 4) is 0 Å². The molecule has 1 amide bonds. The number of halogens is 1. The predicted molar refractivity (Wildman–Crippen MR) is 111 cm³/mol. The van der Waals surface area contributed by atoms with E-state index < -0.39 is 5.92 Å². The first-order valence-electron chi connectivity index (χ1n) is 10.2. The summed E-state index contributed by atoms with van der Waals surface area (Å²) < 4.78 is 13.2. The number of carbonyl (C=O) groups is 1. The first-order valence-corrected chi connectivity index (χ1v) is 10.2. The molecule has 28 heavy (non-hydrogen) atoms. The SMILES string of the molecule is CCCC1=NN(c2ccc(F)cc2)C(=O)[C@@H]1C=NC1CC(C)(C)[NH2+]C(C)(C)C1. The minimum Gasteiger partial charge on any atom is -0.337 e. The van der Waals surface area contributed by atoms with Gasteiger partial charge in [-0.15, -0.1) is 0 Å². The van der Waals surface area contributed by atoms with E-state index in [0.29, 0.717) is 5.69 Å². The topological polar surface area (TPSA) is 61.6 Å². The molecule has 1 aromatic rings. The largest absolute Gasteiger partial charge is 0.337 e. The molecule has 1 saturated heterocycles. The van der Waals surface area contributed by atoms with Crippen molar-refractivity contribution < 1.29 is 14.5 Å². The molecule has 2 N–H and O–H groups in total. The first-order chi connectivity index (χ1) is 13.1. The second-order valence-electron chi connectivity index (χ2n) is 9.43. The Labute approximate surface area is 167 Å². The monoisotopic (exact) mass is 387 g/mol. The molecule has 6 heteroatoms. The van der Waals surface area contributed by atoms with Crippen LogP contribution >= 0.6 is 0 Å². The minimum atomic E-state index is -0.429. The Kier molecular flexibility index (Phi) is 5.71. The number of carbonyl (C=O) groups excluding carboxylic acids is 1. The summed E-state index contributed by atoms with van der Waals surface area (Å²) in [4.78, 5) is 17.9. The third kappa shape index (κ3) is 4.66. The van der Waals surface area contributed by atoms with Crippen LogP contribution < -0.4 is 10.3 Å². The van der Waals surface area contributed by atoms with E-state index in [9.17, 15) is 9.18 Å². The van der Waals surface area contributed by atoms with Gasteiger partial charge in [0.2, 0.25) is 0 Å². The van der Waals surface area contributed by atoms with Crippen molar-refractivity contribution in [1.29, 1.82) is 0 Å². The van der Waals surface area contributed by atoms with Gasteiger partial charge in [0.15, 0.2) is 0 Å². The highest BCUT2D eigenvalue weighted by molar-refractivity contribution is 6.24. The Morgan fingerprint density at radius 2 is 1.82 bits per heavy atom. The molecular weight excluding hydrogens is 355 g/mol. The van der Waals surface area contributed by atoms with Crippen molar-refractivity contribution in [1.82, 2.24) is 0 Å². The van der Waals surface area contributed by atoms with Gasteiger partial charge in [0.1, 0.15) is 11.7 Å². The Morgan fingerprint density at radius 3 is 2.39 bits per heavy atom. The van der Waals surface area contributed by atoms with E-state index in [1.165, 1.54) is 17.1 Å². The zero-order valence-corrected chi connectivity index (χ0v) is 17.6. The van der Waals surface area contributed by atoms with Crippen molar-refractivity contribution in [2.45, 2.75) is 77.4 Å². The fourth-order valence-corrected chi connectivity index (χ4v) is 4.67. The number of aliphatic imine (C=N–C) groups is 1. The fraction of sp³-hybridized carbons (Fsp3) is 0.591. The molecule has 0 spiro atoms. The quantitative estimate of drug-likeness (QED) is 0.774. The smallest absolute Gasteiger partial charge is 0.261 e. The van der Waals surface area contributed by atoms with Crippen molar-refractivity contribution in [2.24, 2.45) is 16.0 Å². The van der Waals surface area contributed by atoms with E-state index in [1.54, 1.807) is 12.1 Å². The number of anilines is 1. The van der Waals surface area contributed by atoms with E-state index >= 15 is 0 Å². The number of hydrogen-bond donors (Lipinski definition) is 1. The Bertz CT molecular complexity index is 766. The van der Waals surface area contributed by atoms with Gasteiger partial charge >= 0.3 is 0 Å². The lowest BCUT2D eigenvalue weighted by Crippen LogP contribution is -3.05. The zero-order chi connectivity index (χ0) is 20.5. The lowest BCUT2D eigenvalue weighted by atomic mass is 9.80. The van der Waals surface area contributed by atoms with Gasteiger partial charge in [-0.2, -0.15) is 10.1 Å². The zero-order valence-electron chi connectivity index (χ0n) is 17.6. The van der Waals surface area contributed by atoms with Crippen LogP contribution in [0.5, 0.6) is 0 Å². The molecule has 0 aliphatic carbocycles. The minimum absolute atomic E-state index is 0.111. The second kappa shape index (κ2) is 7.74. The Morgan fingerprint density at radius 1 is 1.21 bits per heavy atom. The second-order valence-corrected chi connectivity index (χ2v) is 9.43. The molecule has 1 aromatic carbocycles. The van der Waals surface area contributed by atoms with Gasteiger partial charge in [0.25, 0.3) is 5.91 Å². The molecule has 0 unspecified atom stereocenters. The molecule has 2 aliphatic rings. The molecular formula is C22H32FN4O+. The van der Waals surface area contributed by atoms with Crippen molar-refractivity contribution in [2.75, 3.05) is 5.01 Å². The molecule has 5 nitrogen and oxygen atoms in total. The third-order valence-electron chi connectivity index (χ3n) is 5.39. The molecule has 3 rings (SSSR count). The van der Waals surface area contributed by atoms with Crippen molar-refractivity contribution in [3.63, 3.8) is 0 Å². The summed E-state index contributed by atoms with van der Waals surface area (Å²) in [6.45, 7) is 11.1. The first kappa shape index (κ1) is 20.6. The maximum Gasteiger partial charge on any atom is 0.261 e. The number of nitrogens with two attached hydrogens (primary N) is 1. The lowest BCUT2D eigenvalue weighted by Gasteiger charge is -2.41. The van der Waals surface area contributed by atoms with E-state index in [-0.39, 0.29) is 28.8 Å². The van der Waals surface area contributed by atoms with Crippen LogP contribution in [0.25, 0.3) is 0 Å². The molecule has 2 aliphatic heterocycles. The highest BCUT2D eigenvalue weighted by Crippen LogP contribution is 2.27. The van der Waals surface area contributed by atoms with Crippen LogP contribution in [0, 0.1) is 11.7 Å². The van der Waals surface area contributed by atoms with E-state index in [4.69, 9.17) is 4.99 Å². The van der Waals surface area contributed by atoms with Gasteiger partial charge in [-0.25, -0.2) is 4.39 Å². The summed E-state index contributed by atoms with van der Waals surface area (Å²) in [5.74, 6) is -0.868. The fourth-order valence-electron chi connectivity index (χ4n) is 4.67. The maximum absolute atomic E-state index is 13.2. The average molecular weight is 388 g/mol. The summed E-state index contributed by atoms with van der Waals surface area (Å²) in [6.07, 6.45) is 5.43. The molecule has 0 bridgehead atoms. The summed E-state index contributed by atoms with van der Waals surface area (Å²) >= 11 is 0. The number of benzene rings is 1. The predicted octanol–water partition coefficient (Wildman–Crippen LogP) is 3.30. The molecule has 1 atom stereocenters. The molecule has 1 fully saturated rings. The molecule has 0 saturated carbocycles. The molecule has 0 aromatic heterocycles. The highest BCUT2D eigenvalue weighted by atomic mass is 19.1. The number of nitrogens with zero attached hydrogens (tertiary/aromatic N) is 3.